The smallest absolute Gasteiger partial charge is 0.475 e. The minimum Gasteiger partial charge on any atom is -0.475 e. The van der Waals surface area contributed by atoms with Crippen LogP contribution in [-0.4, -0.2) is 54.8 Å². The van der Waals surface area contributed by atoms with Crippen molar-refractivity contribution in [3.63, 3.8) is 0 Å². The summed E-state index contributed by atoms with van der Waals surface area (Å²) < 4.78 is 57.0. The van der Waals surface area contributed by atoms with Gasteiger partial charge < -0.3 is 10.4 Å². The third-order valence-corrected chi connectivity index (χ3v) is 6.39. The van der Waals surface area contributed by atoms with Crippen LogP contribution in [0.2, 0.25) is 0 Å². The third kappa shape index (κ3) is 6.91. The maximum absolute atomic E-state index is 11.6. The van der Waals surface area contributed by atoms with Gasteiger partial charge in [-0.1, -0.05) is 30.3 Å². The van der Waals surface area contributed by atoms with Gasteiger partial charge in [-0.3, -0.25) is 4.68 Å². The predicted octanol–water partition coefficient (Wildman–Crippen LogP) is 3.86. The first kappa shape index (κ1) is 25.4. The predicted molar refractivity (Wildman–Crippen MR) is 121 cm³/mol. The molecular weight excluding hydrogens is 471 g/mol. The zero-order chi connectivity index (χ0) is 24.9. The van der Waals surface area contributed by atoms with Crippen molar-refractivity contribution < 1.29 is 31.5 Å². The molecule has 0 aliphatic carbocycles. The van der Waals surface area contributed by atoms with Gasteiger partial charge >= 0.3 is 12.1 Å². The number of sulfone groups is 1. The molecule has 1 aromatic heterocycles. The zero-order valence-corrected chi connectivity index (χ0v) is 19.1. The second kappa shape index (κ2) is 10.4. The van der Waals surface area contributed by atoms with Crippen molar-refractivity contribution in [3.8, 4) is 22.4 Å². The van der Waals surface area contributed by atoms with Gasteiger partial charge in [0.15, 0.2) is 9.84 Å². The number of hydrogen-bond acceptors (Lipinski definition) is 5. The molecule has 1 fully saturated rings. The van der Waals surface area contributed by atoms with Gasteiger partial charge in [0.05, 0.1) is 10.6 Å². The fourth-order valence-corrected chi connectivity index (χ4v) is 4.14. The highest BCUT2D eigenvalue weighted by molar-refractivity contribution is 7.90. The molecule has 0 saturated carbocycles. The first-order chi connectivity index (χ1) is 15.9. The monoisotopic (exact) mass is 495 g/mol. The fourth-order valence-electron chi connectivity index (χ4n) is 3.50. The molecule has 0 amide bonds. The average Bonchev–Trinajstić information content (AvgIpc) is 3.46. The topological polar surface area (TPSA) is 101 Å². The molecule has 1 saturated heterocycles. The van der Waals surface area contributed by atoms with Crippen LogP contribution in [0.25, 0.3) is 22.4 Å². The highest BCUT2D eigenvalue weighted by Crippen LogP contribution is 2.26. The van der Waals surface area contributed by atoms with Crippen molar-refractivity contribution in [1.29, 1.82) is 0 Å². The number of rotatable bonds is 5. The lowest BCUT2D eigenvalue weighted by atomic mass is 10.0. The molecule has 0 spiro atoms. The molecular formula is C23H24F3N3O4S. The Balaban J connectivity index is 0.000000406. The van der Waals surface area contributed by atoms with Crippen molar-refractivity contribution in [2.75, 3.05) is 19.3 Å². The Kier molecular flexibility index (Phi) is 7.78. The van der Waals surface area contributed by atoms with Gasteiger partial charge in [0, 0.05) is 24.6 Å². The Hall–Kier alpha value is -3.18. The normalized spacial score (nSPS) is 16.1. The number of aromatic nitrogens is 2. The first-order valence-corrected chi connectivity index (χ1v) is 12.3. The van der Waals surface area contributed by atoms with Gasteiger partial charge in [0.25, 0.3) is 0 Å². The standard InChI is InChI=1S/C21H23N3O2S.C2HF3O2/c1-27(25,26)20-7-5-17(6-8-20)18-3-2-4-19(13-18)21-10-12-24(23-21)15-16-9-11-22-14-16;3-2(4,5)1(6)7/h2-8,10,12-13,16,22H,9,11,14-15H2,1H3;(H,6,7). The molecule has 3 aromatic rings. The molecule has 182 valence electrons. The molecule has 4 rings (SSSR count). The molecule has 1 atom stereocenters. The van der Waals surface area contributed by atoms with E-state index < -0.39 is 22.0 Å². The Bertz CT molecular complexity index is 1230. The molecule has 11 heteroatoms. The summed E-state index contributed by atoms with van der Waals surface area (Å²) in [6.45, 7) is 3.10. The molecule has 7 nitrogen and oxygen atoms in total. The van der Waals surface area contributed by atoms with Crippen LogP contribution >= 0.6 is 0 Å². The summed E-state index contributed by atoms with van der Waals surface area (Å²) in [5, 5.41) is 15.3. The van der Waals surface area contributed by atoms with E-state index in [0.29, 0.717) is 10.8 Å². The van der Waals surface area contributed by atoms with E-state index in [2.05, 4.69) is 17.4 Å². The van der Waals surface area contributed by atoms with Crippen molar-refractivity contribution in [1.82, 2.24) is 15.1 Å². The number of hydrogen-bond donors (Lipinski definition) is 2. The zero-order valence-electron chi connectivity index (χ0n) is 18.3. The summed E-state index contributed by atoms with van der Waals surface area (Å²) in [5.41, 5.74) is 4.04. The second-order valence-corrected chi connectivity index (χ2v) is 9.98. The summed E-state index contributed by atoms with van der Waals surface area (Å²) >= 11 is 0. The van der Waals surface area contributed by atoms with Crippen LogP contribution in [0.1, 0.15) is 6.42 Å². The Morgan fingerprint density at radius 3 is 2.32 bits per heavy atom. The summed E-state index contributed by atoms with van der Waals surface area (Å²) in [5.74, 6) is -2.11. The Morgan fingerprint density at radius 2 is 1.76 bits per heavy atom. The van der Waals surface area contributed by atoms with Crippen LogP contribution in [0, 0.1) is 5.92 Å². The lowest BCUT2D eigenvalue weighted by molar-refractivity contribution is -0.192. The van der Waals surface area contributed by atoms with E-state index in [4.69, 9.17) is 15.0 Å². The average molecular weight is 496 g/mol. The maximum Gasteiger partial charge on any atom is 0.490 e. The number of nitrogens with one attached hydrogen (secondary N) is 1. The van der Waals surface area contributed by atoms with Gasteiger partial charge in [-0.15, -0.1) is 0 Å². The molecule has 34 heavy (non-hydrogen) atoms. The number of carbonyl (C=O) groups is 1. The number of carboxylic acids is 1. The number of halogens is 3. The molecule has 2 N–H and O–H groups in total. The molecule has 2 heterocycles. The summed E-state index contributed by atoms with van der Waals surface area (Å²) in [6, 6.07) is 17.2. The van der Waals surface area contributed by atoms with Crippen LogP contribution in [0.4, 0.5) is 13.2 Å². The maximum atomic E-state index is 11.6. The molecule has 1 aliphatic rings. The third-order valence-electron chi connectivity index (χ3n) is 5.26. The van der Waals surface area contributed by atoms with E-state index in [0.717, 1.165) is 42.0 Å². The van der Waals surface area contributed by atoms with E-state index >= 15 is 0 Å². The molecule has 0 radical (unpaired) electrons. The second-order valence-electron chi connectivity index (χ2n) is 7.96. The number of alkyl halides is 3. The molecule has 1 unspecified atom stereocenters. The highest BCUT2D eigenvalue weighted by atomic mass is 32.2. The molecule has 0 bridgehead atoms. The van der Waals surface area contributed by atoms with Gasteiger partial charge in [0.1, 0.15) is 0 Å². The summed E-state index contributed by atoms with van der Waals surface area (Å²) in [7, 11) is -3.18. The number of nitrogens with zero attached hydrogens (tertiary/aromatic N) is 2. The lowest BCUT2D eigenvalue weighted by Crippen LogP contribution is -2.21. The van der Waals surface area contributed by atoms with Gasteiger partial charge in [-0.05, 0) is 60.8 Å². The Morgan fingerprint density at radius 1 is 1.12 bits per heavy atom. The highest BCUT2D eigenvalue weighted by Gasteiger charge is 2.38. The van der Waals surface area contributed by atoms with Crippen molar-refractivity contribution in [3.05, 3.63) is 60.8 Å². The Labute approximate surface area is 195 Å². The van der Waals surface area contributed by atoms with E-state index in [1.54, 1.807) is 12.1 Å². The minimum absolute atomic E-state index is 0.336. The first-order valence-electron chi connectivity index (χ1n) is 10.4. The largest absolute Gasteiger partial charge is 0.490 e. The number of carboxylic acid groups (broad SMARTS) is 1. The van der Waals surface area contributed by atoms with Gasteiger partial charge in [0.2, 0.25) is 0 Å². The quantitative estimate of drug-likeness (QED) is 0.558. The van der Waals surface area contributed by atoms with Crippen LogP contribution in [0.15, 0.2) is 65.7 Å². The van der Waals surface area contributed by atoms with Gasteiger partial charge in [-0.2, -0.15) is 18.3 Å². The number of benzene rings is 2. The lowest BCUT2D eigenvalue weighted by Gasteiger charge is -2.08. The van der Waals surface area contributed by atoms with E-state index in [-0.39, 0.29) is 0 Å². The SMILES string of the molecule is CS(=O)(=O)c1ccc(-c2cccc(-c3ccn(CC4CCNC4)n3)c2)cc1.O=C(O)C(F)(F)F. The van der Waals surface area contributed by atoms with Gasteiger partial charge in [-0.25, -0.2) is 13.2 Å². The van der Waals surface area contributed by atoms with E-state index in [1.807, 2.05) is 41.2 Å². The summed E-state index contributed by atoms with van der Waals surface area (Å²) in [4.78, 5) is 9.23. The molecule has 1 aliphatic heterocycles. The van der Waals surface area contributed by atoms with Crippen molar-refractivity contribution in [2.45, 2.75) is 24.0 Å². The van der Waals surface area contributed by atoms with Crippen LogP contribution < -0.4 is 5.32 Å². The van der Waals surface area contributed by atoms with Crippen molar-refractivity contribution >= 4 is 15.8 Å². The fraction of sp³-hybridized carbons (Fsp3) is 0.304. The van der Waals surface area contributed by atoms with Crippen LogP contribution in [0.3, 0.4) is 0 Å². The van der Waals surface area contributed by atoms with Crippen molar-refractivity contribution in [2.24, 2.45) is 5.92 Å². The summed E-state index contributed by atoms with van der Waals surface area (Å²) in [6.07, 6.45) is -0.615. The van der Waals surface area contributed by atoms with E-state index in [9.17, 15) is 21.6 Å². The van der Waals surface area contributed by atoms with E-state index in [1.165, 1.54) is 12.7 Å². The molecule has 2 aromatic carbocycles. The van der Waals surface area contributed by atoms with Crippen LogP contribution in [-0.2, 0) is 21.2 Å². The minimum atomic E-state index is -5.08. The van der Waals surface area contributed by atoms with Crippen LogP contribution in [0.5, 0.6) is 0 Å². The number of aliphatic carboxylic acids is 1.